The molecule has 110 valence electrons. The fourth-order valence-corrected chi connectivity index (χ4v) is 1.80. The van der Waals surface area contributed by atoms with Crippen molar-refractivity contribution in [3.05, 3.63) is 34.2 Å². The van der Waals surface area contributed by atoms with Crippen LogP contribution in [0.1, 0.15) is 30.6 Å². The first-order chi connectivity index (χ1) is 9.35. The number of nitrogens with one attached hydrogen (secondary N) is 1. The van der Waals surface area contributed by atoms with Crippen LogP contribution in [0.2, 0.25) is 0 Å². The van der Waals surface area contributed by atoms with Crippen LogP contribution < -0.4 is 10.9 Å². The minimum atomic E-state index is -0.690. The van der Waals surface area contributed by atoms with Gasteiger partial charge in [0.25, 0.3) is 5.91 Å². The molecule has 1 aromatic rings. The third-order valence-corrected chi connectivity index (χ3v) is 2.85. The molecule has 6 nitrogen and oxygen atoms in total. The highest BCUT2D eigenvalue weighted by Crippen LogP contribution is 2.07. The summed E-state index contributed by atoms with van der Waals surface area (Å²) in [6, 6.07) is 2.05. The smallest absolute Gasteiger partial charge is 0.328 e. The molecule has 0 radical (unpaired) electrons. The molecule has 20 heavy (non-hydrogen) atoms. The second kappa shape index (κ2) is 6.88. The highest BCUT2D eigenvalue weighted by Gasteiger charge is 2.23. The normalized spacial score (nSPS) is 12.1. The van der Waals surface area contributed by atoms with Gasteiger partial charge in [-0.25, -0.2) is 4.79 Å². The van der Waals surface area contributed by atoms with E-state index < -0.39 is 17.9 Å². The zero-order valence-electron chi connectivity index (χ0n) is 12.2. The number of nitrogens with zero attached hydrogens (tertiary/aromatic N) is 1. The SMILES string of the molecule is COC(=O)C(CC(C)C)NC(=O)c1ccc(=O)n(C)c1. The molecule has 0 bridgehead atoms. The lowest BCUT2D eigenvalue weighted by Crippen LogP contribution is -2.42. The van der Waals surface area contributed by atoms with Gasteiger partial charge in [0.15, 0.2) is 0 Å². The van der Waals surface area contributed by atoms with Crippen molar-refractivity contribution in [3.8, 4) is 0 Å². The van der Waals surface area contributed by atoms with Gasteiger partial charge in [0.05, 0.1) is 12.7 Å². The lowest BCUT2D eigenvalue weighted by atomic mass is 10.0. The summed E-state index contributed by atoms with van der Waals surface area (Å²) >= 11 is 0. The Bertz CT molecular complexity index is 548. The minimum Gasteiger partial charge on any atom is -0.467 e. The highest BCUT2D eigenvalue weighted by atomic mass is 16.5. The maximum absolute atomic E-state index is 12.1. The number of hydrogen-bond acceptors (Lipinski definition) is 4. The third-order valence-electron chi connectivity index (χ3n) is 2.85. The molecule has 1 atom stereocenters. The Hall–Kier alpha value is -2.11. The van der Waals surface area contributed by atoms with E-state index in [-0.39, 0.29) is 11.5 Å². The predicted octanol–water partition coefficient (Wildman–Crippen LogP) is 0.703. The van der Waals surface area contributed by atoms with Crippen molar-refractivity contribution in [1.29, 1.82) is 0 Å². The second-order valence-electron chi connectivity index (χ2n) is 5.05. The van der Waals surface area contributed by atoms with Crippen molar-refractivity contribution in [1.82, 2.24) is 9.88 Å². The van der Waals surface area contributed by atoms with Gasteiger partial charge >= 0.3 is 5.97 Å². The molecule has 0 aliphatic carbocycles. The van der Waals surface area contributed by atoms with E-state index in [0.717, 1.165) is 0 Å². The maximum Gasteiger partial charge on any atom is 0.328 e. The van der Waals surface area contributed by atoms with E-state index in [2.05, 4.69) is 10.1 Å². The Morgan fingerprint density at radius 3 is 2.50 bits per heavy atom. The van der Waals surface area contributed by atoms with Crippen molar-refractivity contribution in [2.24, 2.45) is 13.0 Å². The summed E-state index contributed by atoms with van der Waals surface area (Å²) in [7, 11) is 2.85. The molecule has 0 fully saturated rings. The molecule has 0 aliphatic rings. The van der Waals surface area contributed by atoms with Crippen molar-refractivity contribution < 1.29 is 14.3 Å². The van der Waals surface area contributed by atoms with Crippen molar-refractivity contribution in [3.63, 3.8) is 0 Å². The van der Waals surface area contributed by atoms with Gasteiger partial charge in [-0.3, -0.25) is 9.59 Å². The molecule has 6 heteroatoms. The summed E-state index contributed by atoms with van der Waals surface area (Å²) in [5, 5.41) is 2.63. The van der Waals surface area contributed by atoms with Gasteiger partial charge in [-0.15, -0.1) is 0 Å². The van der Waals surface area contributed by atoms with Gasteiger partial charge in [-0.2, -0.15) is 0 Å². The fraction of sp³-hybridized carbons (Fsp3) is 0.500. The van der Waals surface area contributed by atoms with Gasteiger partial charge < -0.3 is 14.6 Å². The van der Waals surface area contributed by atoms with E-state index in [1.807, 2.05) is 13.8 Å². The lowest BCUT2D eigenvalue weighted by molar-refractivity contribution is -0.143. The van der Waals surface area contributed by atoms with Gasteiger partial charge in [0.2, 0.25) is 5.56 Å². The number of ether oxygens (including phenoxy) is 1. The number of aromatic nitrogens is 1. The van der Waals surface area contributed by atoms with Crippen molar-refractivity contribution >= 4 is 11.9 Å². The maximum atomic E-state index is 12.1. The number of esters is 1. The van der Waals surface area contributed by atoms with E-state index in [1.165, 1.54) is 30.0 Å². The van der Waals surface area contributed by atoms with Crippen LogP contribution >= 0.6 is 0 Å². The number of carbonyl (C=O) groups is 2. The van der Waals surface area contributed by atoms with E-state index >= 15 is 0 Å². The predicted molar refractivity (Wildman–Crippen MR) is 74.4 cm³/mol. The Morgan fingerprint density at radius 2 is 2.00 bits per heavy atom. The lowest BCUT2D eigenvalue weighted by Gasteiger charge is -2.18. The van der Waals surface area contributed by atoms with E-state index in [9.17, 15) is 14.4 Å². The average Bonchev–Trinajstić information content (AvgIpc) is 2.39. The molecule has 1 aromatic heterocycles. The number of aryl methyl sites for hydroxylation is 1. The van der Waals surface area contributed by atoms with Crippen LogP contribution in [0, 0.1) is 5.92 Å². The average molecular weight is 280 g/mol. The quantitative estimate of drug-likeness (QED) is 0.806. The van der Waals surface area contributed by atoms with Crippen molar-refractivity contribution in [2.75, 3.05) is 7.11 Å². The monoisotopic (exact) mass is 280 g/mol. The number of rotatable bonds is 5. The van der Waals surface area contributed by atoms with Crippen LogP contribution in [0.15, 0.2) is 23.1 Å². The molecule has 0 saturated heterocycles. The molecule has 1 unspecified atom stereocenters. The first-order valence-corrected chi connectivity index (χ1v) is 6.40. The van der Waals surface area contributed by atoms with Crippen LogP contribution in [0.3, 0.4) is 0 Å². The largest absolute Gasteiger partial charge is 0.467 e. The summed E-state index contributed by atoms with van der Waals surface area (Å²) in [6.45, 7) is 3.91. The topological polar surface area (TPSA) is 77.4 Å². The zero-order valence-corrected chi connectivity index (χ0v) is 12.2. The fourth-order valence-electron chi connectivity index (χ4n) is 1.80. The Morgan fingerprint density at radius 1 is 1.35 bits per heavy atom. The second-order valence-corrected chi connectivity index (χ2v) is 5.05. The standard InChI is InChI=1S/C14H20N2O4/c1-9(2)7-11(14(19)20-4)15-13(18)10-5-6-12(17)16(3)8-10/h5-6,8-9,11H,7H2,1-4H3,(H,15,18). The number of amides is 1. The van der Waals surface area contributed by atoms with E-state index in [4.69, 9.17) is 0 Å². The van der Waals surface area contributed by atoms with Crippen LogP contribution in [0.5, 0.6) is 0 Å². The van der Waals surface area contributed by atoms with Crippen LogP contribution in [-0.2, 0) is 16.6 Å². The highest BCUT2D eigenvalue weighted by molar-refractivity contribution is 5.96. The molecule has 1 rings (SSSR count). The van der Waals surface area contributed by atoms with Crippen LogP contribution in [0.4, 0.5) is 0 Å². The van der Waals surface area contributed by atoms with Crippen LogP contribution in [-0.4, -0.2) is 29.6 Å². The summed E-state index contributed by atoms with van der Waals surface area (Å²) in [4.78, 5) is 35.0. The van der Waals surface area contributed by atoms with Crippen LogP contribution in [0.25, 0.3) is 0 Å². The molecule has 0 aromatic carbocycles. The summed E-state index contributed by atoms with van der Waals surface area (Å²) in [5.41, 5.74) is 0.123. The number of methoxy groups -OCH3 is 1. The number of hydrogen-bond donors (Lipinski definition) is 1. The van der Waals surface area contributed by atoms with Crippen molar-refractivity contribution in [2.45, 2.75) is 26.3 Å². The molecule has 1 N–H and O–H groups in total. The first kappa shape index (κ1) is 15.9. The zero-order chi connectivity index (χ0) is 15.3. The number of pyridine rings is 1. The van der Waals surface area contributed by atoms with Gasteiger partial charge in [0.1, 0.15) is 6.04 Å². The summed E-state index contributed by atoms with van der Waals surface area (Å²) < 4.78 is 5.99. The van der Waals surface area contributed by atoms with Gasteiger partial charge in [0, 0.05) is 19.3 Å². The molecule has 0 spiro atoms. The Labute approximate surface area is 117 Å². The molecular formula is C14H20N2O4. The van der Waals surface area contributed by atoms with E-state index in [0.29, 0.717) is 12.0 Å². The molecular weight excluding hydrogens is 260 g/mol. The van der Waals surface area contributed by atoms with Gasteiger partial charge in [-0.05, 0) is 18.4 Å². The molecule has 1 amide bonds. The Balaban J connectivity index is 2.86. The summed E-state index contributed by atoms with van der Waals surface area (Å²) in [6.07, 6.45) is 1.92. The molecule has 0 saturated carbocycles. The van der Waals surface area contributed by atoms with Gasteiger partial charge in [-0.1, -0.05) is 13.8 Å². The Kier molecular flexibility index (Phi) is 5.49. The molecule has 1 heterocycles. The molecule has 0 aliphatic heterocycles. The third kappa shape index (κ3) is 4.22. The summed E-state index contributed by atoms with van der Waals surface area (Å²) in [5.74, 6) is -0.645. The first-order valence-electron chi connectivity index (χ1n) is 6.40. The van der Waals surface area contributed by atoms with E-state index in [1.54, 1.807) is 7.05 Å². The number of carbonyl (C=O) groups excluding carboxylic acids is 2. The minimum absolute atomic E-state index is 0.201.